The summed E-state index contributed by atoms with van der Waals surface area (Å²) >= 11 is 0. The maximum atomic E-state index is 13.0. The third kappa shape index (κ3) is 4.14. The van der Waals surface area contributed by atoms with Crippen molar-refractivity contribution in [2.45, 2.75) is 6.92 Å². The van der Waals surface area contributed by atoms with Gasteiger partial charge in [0.15, 0.2) is 9.84 Å². The number of nitrogens with one attached hydrogen (secondary N) is 1. The molecule has 0 unspecified atom stereocenters. The fourth-order valence-corrected chi connectivity index (χ4v) is 1.74. The molecule has 0 bridgehead atoms. The molecule has 0 saturated heterocycles. The molecule has 1 aromatic rings. The van der Waals surface area contributed by atoms with Crippen LogP contribution in [-0.2, 0) is 9.84 Å². The minimum absolute atomic E-state index is 0.0213. The van der Waals surface area contributed by atoms with Gasteiger partial charge in [-0.25, -0.2) is 13.4 Å². The van der Waals surface area contributed by atoms with Crippen molar-refractivity contribution in [3.63, 3.8) is 0 Å². The van der Waals surface area contributed by atoms with Crippen LogP contribution in [0.4, 0.5) is 10.3 Å². The van der Waals surface area contributed by atoms with Crippen LogP contribution >= 0.6 is 0 Å². The molecule has 1 N–H and O–H groups in total. The van der Waals surface area contributed by atoms with E-state index in [1.807, 2.05) is 0 Å². The summed E-state index contributed by atoms with van der Waals surface area (Å²) < 4.78 is 40.0. The summed E-state index contributed by atoms with van der Waals surface area (Å²) in [6.07, 6.45) is 0.961. The van der Waals surface area contributed by atoms with Crippen LogP contribution in [-0.4, -0.2) is 43.5 Å². The maximum Gasteiger partial charge on any atom is 0.255 e. The Hall–Kier alpha value is -1.44. The number of halogens is 1. The van der Waals surface area contributed by atoms with Crippen LogP contribution < -0.4 is 10.1 Å². The van der Waals surface area contributed by atoms with Crippen molar-refractivity contribution in [3.8, 4) is 5.88 Å². The number of ether oxygens (including phenoxy) is 1. The van der Waals surface area contributed by atoms with E-state index in [4.69, 9.17) is 0 Å². The molecule has 0 radical (unpaired) electrons. The molecule has 0 aliphatic heterocycles. The van der Waals surface area contributed by atoms with E-state index in [1.54, 1.807) is 6.92 Å². The third-order valence-corrected chi connectivity index (χ3v) is 3.75. The van der Waals surface area contributed by atoms with Crippen LogP contribution in [0.5, 0.6) is 5.88 Å². The molecule has 1 aromatic heterocycles. The third-order valence-electron chi connectivity index (χ3n) is 2.04. The van der Waals surface area contributed by atoms with Crippen molar-refractivity contribution in [1.82, 2.24) is 9.97 Å². The minimum Gasteiger partial charge on any atom is -0.479 e. The lowest BCUT2D eigenvalue weighted by Gasteiger charge is -2.06. The lowest BCUT2D eigenvalue weighted by Crippen LogP contribution is -2.18. The molecule has 0 spiro atoms. The highest BCUT2D eigenvalue weighted by atomic mass is 32.2. The van der Waals surface area contributed by atoms with Crippen molar-refractivity contribution in [3.05, 3.63) is 12.0 Å². The molecule has 8 heteroatoms. The van der Waals surface area contributed by atoms with E-state index in [9.17, 15) is 12.8 Å². The Bertz CT molecular complexity index is 478. The zero-order valence-corrected chi connectivity index (χ0v) is 10.4. The second-order valence-electron chi connectivity index (χ2n) is 3.21. The molecule has 1 rings (SSSR count). The zero-order valence-electron chi connectivity index (χ0n) is 9.60. The Morgan fingerprint density at radius 2 is 2.24 bits per heavy atom. The van der Waals surface area contributed by atoms with Gasteiger partial charge in [0.05, 0.1) is 19.1 Å². The predicted octanol–water partition coefficient (Wildman–Crippen LogP) is 0.471. The van der Waals surface area contributed by atoms with Gasteiger partial charge in [-0.3, -0.25) is 0 Å². The zero-order chi connectivity index (χ0) is 12.9. The number of hydrogen-bond donors (Lipinski definition) is 1. The van der Waals surface area contributed by atoms with Crippen molar-refractivity contribution in [1.29, 1.82) is 0 Å². The first-order valence-corrected chi connectivity index (χ1v) is 6.81. The number of rotatable bonds is 6. The van der Waals surface area contributed by atoms with Crippen LogP contribution in [0.3, 0.4) is 0 Å². The molecule has 0 saturated carbocycles. The monoisotopic (exact) mass is 263 g/mol. The number of aromatic nitrogens is 2. The topological polar surface area (TPSA) is 81.2 Å². The molecular formula is C9H14FN3O3S. The highest BCUT2D eigenvalue weighted by Gasteiger charge is 2.09. The summed E-state index contributed by atoms with van der Waals surface area (Å²) in [5.74, 6) is -0.649. The van der Waals surface area contributed by atoms with Gasteiger partial charge in [0, 0.05) is 12.3 Å². The van der Waals surface area contributed by atoms with Gasteiger partial charge in [-0.1, -0.05) is 6.92 Å². The van der Waals surface area contributed by atoms with E-state index < -0.39 is 15.7 Å². The van der Waals surface area contributed by atoms with Gasteiger partial charge in [0.25, 0.3) is 5.88 Å². The van der Waals surface area contributed by atoms with E-state index in [0.717, 1.165) is 6.20 Å². The standard InChI is InChI=1S/C9H14FN3O3S/c1-3-17(14,15)5-4-11-9-12-6-7(10)8(13-9)16-2/h6H,3-5H2,1-2H3,(H,11,12,13). The largest absolute Gasteiger partial charge is 0.479 e. The van der Waals surface area contributed by atoms with Crippen molar-refractivity contribution in [2.75, 3.05) is 30.5 Å². The van der Waals surface area contributed by atoms with E-state index in [1.165, 1.54) is 7.11 Å². The number of methoxy groups -OCH3 is 1. The Kier molecular flexibility index (Phi) is 4.62. The lowest BCUT2D eigenvalue weighted by molar-refractivity contribution is 0.368. The second-order valence-corrected chi connectivity index (χ2v) is 5.69. The minimum atomic E-state index is -3.04. The smallest absolute Gasteiger partial charge is 0.255 e. The highest BCUT2D eigenvalue weighted by Crippen LogP contribution is 2.13. The predicted molar refractivity (Wildman–Crippen MR) is 61.4 cm³/mol. The Morgan fingerprint density at radius 1 is 1.53 bits per heavy atom. The van der Waals surface area contributed by atoms with E-state index in [0.29, 0.717) is 0 Å². The van der Waals surface area contributed by atoms with Crippen molar-refractivity contribution < 1.29 is 17.5 Å². The van der Waals surface area contributed by atoms with E-state index in [-0.39, 0.29) is 29.9 Å². The van der Waals surface area contributed by atoms with Gasteiger partial charge < -0.3 is 10.1 Å². The average Bonchev–Trinajstić information content (AvgIpc) is 2.31. The summed E-state index contributed by atoms with van der Waals surface area (Å²) in [4.78, 5) is 7.38. The van der Waals surface area contributed by atoms with Crippen LogP contribution in [0.1, 0.15) is 6.92 Å². The van der Waals surface area contributed by atoms with Gasteiger partial charge >= 0.3 is 0 Å². The molecular weight excluding hydrogens is 249 g/mol. The Balaban J connectivity index is 2.58. The number of anilines is 1. The first kappa shape index (κ1) is 13.6. The van der Waals surface area contributed by atoms with Gasteiger partial charge in [0.2, 0.25) is 11.8 Å². The number of sulfone groups is 1. The van der Waals surface area contributed by atoms with Crippen LogP contribution in [0.2, 0.25) is 0 Å². The molecule has 0 amide bonds. The first-order valence-electron chi connectivity index (χ1n) is 4.99. The maximum absolute atomic E-state index is 13.0. The molecule has 6 nitrogen and oxygen atoms in total. The summed E-state index contributed by atoms with van der Waals surface area (Å²) in [7, 11) is -1.75. The van der Waals surface area contributed by atoms with E-state index >= 15 is 0 Å². The quantitative estimate of drug-likeness (QED) is 0.803. The summed E-state index contributed by atoms with van der Waals surface area (Å²) in [5, 5.41) is 2.69. The Morgan fingerprint density at radius 3 is 2.82 bits per heavy atom. The fourth-order valence-electron chi connectivity index (χ4n) is 1.04. The van der Waals surface area contributed by atoms with Gasteiger partial charge in [-0.2, -0.15) is 9.37 Å². The lowest BCUT2D eigenvalue weighted by atomic mass is 10.6. The molecule has 96 valence electrons. The fraction of sp³-hybridized carbons (Fsp3) is 0.556. The number of hydrogen-bond acceptors (Lipinski definition) is 6. The molecule has 1 heterocycles. The van der Waals surface area contributed by atoms with Crippen molar-refractivity contribution >= 4 is 15.8 Å². The SMILES string of the molecule is CCS(=O)(=O)CCNc1ncc(F)c(OC)n1. The van der Waals surface area contributed by atoms with Gasteiger partial charge in [-0.05, 0) is 0 Å². The summed E-state index contributed by atoms with van der Waals surface area (Å²) in [6.45, 7) is 1.75. The highest BCUT2D eigenvalue weighted by molar-refractivity contribution is 7.91. The Labute approximate surface area is 99.1 Å². The summed E-state index contributed by atoms with van der Waals surface area (Å²) in [5.41, 5.74) is 0. The molecule has 0 aliphatic rings. The molecule has 0 fully saturated rings. The first-order chi connectivity index (χ1) is 7.98. The second kappa shape index (κ2) is 5.76. The van der Waals surface area contributed by atoms with Crippen molar-refractivity contribution in [2.24, 2.45) is 0 Å². The molecule has 17 heavy (non-hydrogen) atoms. The average molecular weight is 263 g/mol. The number of nitrogens with zero attached hydrogens (tertiary/aromatic N) is 2. The molecule has 0 aromatic carbocycles. The van der Waals surface area contributed by atoms with Crippen LogP contribution in [0.25, 0.3) is 0 Å². The summed E-state index contributed by atoms with van der Waals surface area (Å²) in [6, 6.07) is 0. The normalized spacial score (nSPS) is 11.2. The van der Waals surface area contributed by atoms with E-state index in [2.05, 4.69) is 20.0 Å². The van der Waals surface area contributed by atoms with Gasteiger partial charge in [0.1, 0.15) is 0 Å². The van der Waals surface area contributed by atoms with Crippen LogP contribution in [0.15, 0.2) is 6.20 Å². The van der Waals surface area contributed by atoms with Gasteiger partial charge in [-0.15, -0.1) is 0 Å². The molecule has 0 aliphatic carbocycles. The molecule has 0 atom stereocenters. The van der Waals surface area contributed by atoms with Crippen LogP contribution in [0, 0.1) is 5.82 Å².